The van der Waals surface area contributed by atoms with Crippen molar-refractivity contribution in [2.24, 2.45) is 0 Å². The Kier molecular flexibility index (Phi) is 25.6. The maximum Gasteiger partial charge on any atom is 0.364 e. The molecule has 32 atom stereocenters. The summed E-state index contributed by atoms with van der Waals surface area (Å²) >= 11 is 0. The molecular formula is C48H79N3O37. The number of aliphatic hydroxyl groups is 19. The Morgan fingerprint density at radius 2 is 0.864 bits per heavy atom. The van der Waals surface area contributed by atoms with Crippen molar-refractivity contribution in [1.82, 2.24) is 16.0 Å². The summed E-state index contributed by atoms with van der Waals surface area (Å²) < 4.78 is 63.1. The number of nitrogens with one attached hydrogen (secondary N) is 3. The molecular weight excluding hydrogens is 1210 g/mol. The molecule has 40 nitrogen and oxygen atoms in total. The molecule has 0 radical (unpaired) electrons. The largest absolute Gasteiger partial charge is 0.477 e. The summed E-state index contributed by atoms with van der Waals surface area (Å²) in [5, 5.41) is 234. The SMILES string of the molecule is CC(=O)N[C@H]1[C@H](O[C@H]2[C@@H](O)[C@@H](CO)O[C@@H](O[C@H]3[C@H](O)[C@@H](O)[C@H](O)O[C@@H]3CO)[C@@H]2O)O[C@H](CO[C@@]2(C(=O)O)C[C@H](O)[C@@H](NC(C)=O)[C@H]([C@@H](O)[C@@H](O)CO)O2)[C@@H](O)[C@@H]1O[C@@H]1O[C@H](CO)[C@H](O)[C@H](O[C@@]2(C(=O)O)C[C@H](O)[C@@H](NC(C)=O)[C@H]([C@@H](O)[C@@H](O)CO)O2)[C@H]1O. The Balaban J connectivity index is 1.43. The van der Waals surface area contributed by atoms with Gasteiger partial charge in [-0.05, 0) is 0 Å². The van der Waals surface area contributed by atoms with Crippen molar-refractivity contribution in [3.63, 3.8) is 0 Å². The van der Waals surface area contributed by atoms with E-state index in [0.29, 0.717) is 0 Å². The lowest BCUT2D eigenvalue weighted by molar-refractivity contribution is -0.391. The second-order valence-corrected chi connectivity index (χ2v) is 21.9. The third-order valence-corrected chi connectivity index (χ3v) is 15.6. The van der Waals surface area contributed by atoms with Crippen LogP contribution in [0.15, 0.2) is 0 Å². The van der Waals surface area contributed by atoms with Gasteiger partial charge in [0.25, 0.3) is 11.6 Å². The monoisotopic (exact) mass is 1290 g/mol. The predicted molar refractivity (Wildman–Crippen MR) is 268 cm³/mol. The number of carbonyl (C=O) groups is 5. The average Bonchev–Trinajstić information content (AvgIpc) is 0.809. The summed E-state index contributed by atoms with van der Waals surface area (Å²) in [7, 11) is 0. The minimum Gasteiger partial charge on any atom is -0.477 e. The first-order valence-electron chi connectivity index (χ1n) is 27.4. The van der Waals surface area contributed by atoms with Crippen molar-refractivity contribution in [2.75, 3.05) is 39.6 Å². The van der Waals surface area contributed by atoms with E-state index in [9.17, 15) is 131 Å². The lowest BCUT2D eigenvalue weighted by Crippen LogP contribution is -2.72. The maximum atomic E-state index is 13.3. The fourth-order valence-corrected chi connectivity index (χ4v) is 11.0. The van der Waals surface area contributed by atoms with E-state index in [0.717, 1.165) is 20.8 Å². The smallest absolute Gasteiger partial charge is 0.364 e. The minimum absolute atomic E-state index is 0.854. The highest BCUT2D eigenvalue weighted by Crippen LogP contribution is 2.41. The minimum atomic E-state index is -3.34. The molecule has 3 amide bonds. The van der Waals surface area contributed by atoms with Crippen molar-refractivity contribution < 1.29 is 183 Å². The van der Waals surface area contributed by atoms with E-state index in [4.69, 9.17) is 52.1 Å². The van der Waals surface area contributed by atoms with Gasteiger partial charge in [-0.1, -0.05) is 0 Å². The third-order valence-electron chi connectivity index (χ3n) is 15.6. The van der Waals surface area contributed by atoms with Crippen LogP contribution >= 0.6 is 0 Å². The average molecular weight is 1290 g/mol. The molecule has 0 aromatic carbocycles. The highest BCUT2D eigenvalue weighted by Gasteiger charge is 2.63. The first-order chi connectivity index (χ1) is 41.2. The van der Waals surface area contributed by atoms with Gasteiger partial charge >= 0.3 is 11.9 Å². The molecule has 508 valence electrons. The van der Waals surface area contributed by atoms with Crippen molar-refractivity contribution in [2.45, 2.75) is 229 Å². The van der Waals surface area contributed by atoms with Gasteiger partial charge < -0.3 is 175 Å². The Hall–Kier alpha value is -3.85. The van der Waals surface area contributed by atoms with Gasteiger partial charge in [0, 0.05) is 33.6 Å². The van der Waals surface area contributed by atoms with Gasteiger partial charge in [0.05, 0.1) is 63.9 Å². The van der Waals surface area contributed by atoms with Crippen molar-refractivity contribution in [1.29, 1.82) is 0 Å². The number of carboxylic acid groups (broad SMARTS) is 2. The molecule has 6 fully saturated rings. The van der Waals surface area contributed by atoms with E-state index >= 15 is 0 Å². The molecule has 0 aromatic heterocycles. The number of ether oxygens (including phenoxy) is 11. The first kappa shape index (κ1) is 73.2. The fraction of sp³-hybridized carbons (Fsp3) is 0.896. The molecule has 24 N–H and O–H groups in total. The zero-order chi connectivity index (χ0) is 65.8. The van der Waals surface area contributed by atoms with Gasteiger partial charge in [0.1, 0.15) is 134 Å². The Bertz CT molecular complexity index is 2320. The Labute approximate surface area is 496 Å². The van der Waals surface area contributed by atoms with Gasteiger partial charge in [-0.25, -0.2) is 9.59 Å². The van der Waals surface area contributed by atoms with Gasteiger partial charge in [-0.15, -0.1) is 0 Å². The van der Waals surface area contributed by atoms with Gasteiger partial charge in [-0.3, -0.25) is 14.4 Å². The van der Waals surface area contributed by atoms with E-state index in [1.54, 1.807) is 0 Å². The Morgan fingerprint density at radius 3 is 1.32 bits per heavy atom. The molecule has 0 aliphatic carbocycles. The number of aliphatic carboxylic acids is 2. The lowest BCUT2D eigenvalue weighted by atomic mass is 9.88. The number of hydrogen-bond acceptors (Lipinski definition) is 35. The third kappa shape index (κ3) is 15.8. The van der Waals surface area contributed by atoms with E-state index in [-0.39, 0.29) is 0 Å². The highest BCUT2D eigenvalue weighted by atomic mass is 16.8. The van der Waals surface area contributed by atoms with Gasteiger partial charge in [-0.2, -0.15) is 0 Å². The molecule has 0 bridgehead atoms. The van der Waals surface area contributed by atoms with Crippen LogP contribution in [0, 0.1) is 0 Å². The van der Waals surface area contributed by atoms with Crippen LogP contribution in [0.3, 0.4) is 0 Å². The van der Waals surface area contributed by atoms with Crippen LogP contribution in [0.4, 0.5) is 0 Å². The maximum absolute atomic E-state index is 13.3. The zero-order valence-electron chi connectivity index (χ0n) is 46.9. The second kappa shape index (κ2) is 30.7. The normalized spacial score (nSPS) is 44.6. The second-order valence-electron chi connectivity index (χ2n) is 21.9. The van der Waals surface area contributed by atoms with Crippen LogP contribution in [-0.4, -0.2) is 372 Å². The number of hydrogen-bond donors (Lipinski definition) is 24. The number of aliphatic hydroxyl groups excluding tert-OH is 19. The zero-order valence-corrected chi connectivity index (χ0v) is 46.9. The molecule has 0 spiro atoms. The molecule has 0 aromatic rings. The lowest BCUT2D eigenvalue weighted by Gasteiger charge is -2.52. The molecule has 6 aliphatic rings. The topological polar surface area (TPSA) is 648 Å². The molecule has 6 saturated heterocycles. The number of carbonyl (C=O) groups excluding carboxylic acids is 3. The summed E-state index contributed by atoms with van der Waals surface area (Å²) in [6.45, 7) is -4.43. The standard InChI is InChI=1S/C48H79N3O37/c1-12(57)49-23-15(60)4-47(45(74)75,86-37(23)26(64)17(62)6-52)78-11-22-30(68)36(25(51-14(3)59)42(82-22)85-39-28(66)19(8-54)80-43(33(39)71)83-35-21(10-56)79-41(73)32(70)31(35)69)84-44-34(72)40(29(67)20(9-55)81-44)88-48(46(76)77)5-16(61)24(50-13(2)58)38(87-48)27(65)18(63)7-53/h15-44,52-56,60-73H,4-11H2,1-3H3,(H,49,57)(H,50,58)(H,51,59)(H,74,75)(H,76,77)/t15-,16-,17-,18-,19+,20+,21+,22+,23+,24+,25+,26-,27-,28-,29-,30+,31+,32+,33+,34+,35+,36+,37+,38+,39-,40-,41+,42-,43-,44-,47-,48+/m0/s1. The van der Waals surface area contributed by atoms with Crippen LogP contribution in [-0.2, 0) is 76.1 Å². The number of carboxylic acids is 2. The first-order valence-corrected chi connectivity index (χ1v) is 27.4. The number of amides is 3. The summed E-state index contributed by atoms with van der Waals surface area (Å²) in [6.07, 6.45) is -62.1. The molecule has 6 aliphatic heterocycles. The summed E-state index contributed by atoms with van der Waals surface area (Å²) in [4.78, 5) is 64.1. The van der Waals surface area contributed by atoms with Crippen molar-refractivity contribution in [3.05, 3.63) is 0 Å². The van der Waals surface area contributed by atoms with E-state index < -0.39 is 277 Å². The van der Waals surface area contributed by atoms with Crippen LogP contribution in [0.1, 0.15) is 33.6 Å². The van der Waals surface area contributed by atoms with Gasteiger partial charge in [0.2, 0.25) is 17.7 Å². The quantitative estimate of drug-likeness (QED) is 0.0404. The number of rotatable bonds is 25. The van der Waals surface area contributed by atoms with E-state index in [1.165, 1.54) is 0 Å². The van der Waals surface area contributed by atoms with Crippen molar-refractivity contribution in [3.8, 4) is 0 Å². The van der Waals surface area contributed by atoms with Crippen molar-refractivity contribution >= 4 is 29.7 Å². The van der Waals surface area contributed by atoms with Crippen LogP contribution in [0.5, 0.6) is 0 Å². The molecule has 0 unspecified atom stereocenters. The summed E-state index contributed by atoms with van der Waals surface area (Å²) in [5.74, 6) is -13.7. The molecule has 88 heavy (non-hydrogen) atoms. The molecule has 6 heterocycles. The fourth-order valence-electron chi connectivity index (χ4n) is 11.0. The highest BCUT2D eigenvalue weighted by molar-refractivity contribution is 5.77. The molecule has 0 saturated carbocycles. The van der Waals surface area contributed by atoms with E-state index in [1.807, 2.05) is 0 Å². The summed E-state index contributed by atoms with van der Waals surface area (Å²) in [5.41, 5.74) is 0. The van der Waals surface area contributed by atoms with Crippen LogP contribution in [0.2, 0.25) is 0 Å². The predicted octanol–water partition coefficient (Wildman–Crippen LogP) is -15.3. The summed E-state index contributed by atoms with van der Waals surface area (Å²) in [6, 6.07) is -5.63. The molecule has 6 rings (SSSR count). The van der Waals surface area contributed by atoms with E-state index in [2.05, 4.69) is 16.0 Å². The Morgan fingerprint density at radius 1 is 0.466 bits per heavy atom. The van der Waals surface area contributed by atoms with Gasteiger partial charge in [0.15, 0.2) is 25.2 Å². The van der Waals surface area contributed by atoms with Crippen LogP contribution in [0.25, 0.3) is 0 Å². The molecule has 40 heteroatoms. The van der Waals surface area contributed by atoms with Crippen LogP contribution < -0.4 is 16.0 Å².